The lowest BCUT2D eigenvalue weighted by molar-refractivity contribution is 0.599. The van der Waals surface area contributed by atoms with Crippen molar-refractivity contribution >= 4 is 33.0 Å². The zero-order valence-corrected chi connectivity index (χ0v) is 7.90. The lowest BCUT2D eigenvalue weighted by atomic mass is 9.93. The summed E-state index contributed by atoms with van der Waals surface area (Å²) >= 11 is 8.36. The molecule has 0 N–H and O–H groups in total. The van der Waals surface area contributed by atoms with E-state index in [1.807, 2.05) is 0 Å². The zero-order chi connectivity index (χ0) is 6.78. The maximum absolute atomic E-state index is 5.05. The highest BCUT2D eigenvalue weighted by Gasteiger charge is 2.14. The summed E-state index contributed by atoms with van der Waals surface area (Å²) in [5, 5.41) is 0.839. The molecular weight excluding hydrogens is 184 g/mol. The van der Waals surface area contributed by atoms with Gasteiger partial charge in [0.1, 0.15) is 0 Å². The minimum Gasteiger partial charge on any atom is -0.0882 e. The van der Waals surface area contributed by atoms with Crippen molar-refractivity contribution in [3.63, 3.8) is 0 Å². The number of hydrogen-bond donors (Lipinski definition) is 0. The summed E-state index contributed by atoms with van der Waals surface area (Å²) in [5.41, 5.74) is 0.193. The van der Waals surface area contributed by atoms with Gasteiger partial charge in [-0.1, -0.05) is 48.9 Å². The molecule has 0 spiro atoms. The van der Waals surface area contributed by atoms with Crippen molar-refractivity contribution in [2.45, 2.75) is 20.8 Å². The van der Waals surface area contributed by atoms with Gasteiger partial charge >= 0.3 is 0 Å². The van der Waals surface area contributed by atoms with Crippen molar-refractivity contribution < 1.29 is 0 Å². The predicted octanol–water partition coefficient (Wildman–Crippen LogP) is 2.80. The highest BCUT2D eigenvalue weighted by molar-refractivity contribution is 9.09. The number of alkyl halides is 1. The van der Waals surface area contributed by atoms with Gasteiger partial charge in [0.25, 0.3) is 0 Å². The third kappa shape index (κ3) is 2.78. The van der Waals surface area contributed by atoms with Crippen molar-refractivity contribution in [1.29, 1.82) is 0 Å². The molecule has 2 heteroatoms. The monoisotopic (exact) mass is 194 g/mol. The summed E-state index contributed by atoms with van der Waals surface area (Å²) in [6.45, 7) is 6.36. The summed E-state index contributed by atoms with van der Waals surface area (Å²) in [5.74, 6) is 0. The lowest BCUT2D eigenvalue weighted by Crippen LogP contribution is -2.18. The fraction of sp³-hybridized carbons (Fsp3) is 0.833. The number of hydrogen-bond acceptors (Lipinski definition) is 1. The summed E-state index contributed by atoms with van der Waals surface area (Å²) in [6.07, 6.45) is 0. The normalized spacial score (nSPS) is 11.5. The van der Waals surface area contributed by atoms with Crippen LogP contribution < -0.4 is 0 Å². The summed E-state index contributed by atoms with van der Waals surface area (Å²) < 4.78 is 0. The maximum atomic E-state index is 5.05. The van der Waals surface area contributed by atoms with Gasteiger partial charge in [-0.3, -0.25) is 0 Å². The summed E-state index contributed by atoms with van der Waals surface area (Å²) in [6, 6.07) is 0. The topological polar surface area (TPSA) is 0 Å². The minimum absolute atomic E-state index is 0.193. The van der Waals surface area contributed by atoms with Crippen LogP contribution in [0.5, 0.6) is 0 Å². The SMILES string of the molecule is CC(C)(C)C(=S)CBr. The largest absolute Gasteiger partial charge is 0.0882 e. The second-order valence-corrected chi connectivity index (χ2v) is 3.86. The Morgan fingerprint density at radius 1 is 1.50 bits per heavy atom. The van der Waals surface area contributed by atoms with E-state index in [0.717, 1.165) is 10.2 Å². The van der Waals surface area contributed by atoms with Gasteiger partial charge in [0.2, 0.25) is 0 Å². The van der Waals surface area contributed by atoms with E-state index in [2.05, 4.69) is 36.7 Å². The van der Waals surface area contributed by atoms with E-state index in [1.165, 1.54) is 0 Å². The van der Waals surface area contributed by atoms with Crippen LogP contribution in [0.4, 0.5) is 0 Å². The van der Waals surface area contributed by atoms with Crippen LogP contribution >= 0.6 is 28.1 Å². The van der Waals surface area contributed by atoms with E-state index in [9.17, 15) is 0 Å². The van der Waals surface area contributed by atoms with Crippen LogP contribution in [0.15, 0.2) is 0 Å². The van der Waals surface area contributed by atoms with E-state index in [0.29, 0.717) is 0 Å². The van der Waals surface area contributed by atoms with Gasteiger partial charge in [-0.05, 0) is 5.41 Å². The fourth-order valence-corrected chi connectivity index (χ4v) is 1.04. The number of halogens is 1. The van der Waals surface area contributed by atoms with Gasteiger partial charge in [-0.2, -0.15) is 0 Å². The first-order chi connectivity index (χ1) is 3.48. The Balaban J connectivity index is 3.82. The Morgan fingerprint density at radius 3 is 1.88 bits per heavy atom. The quantitative estimate of drug-likeness (QED) is 0.458. The molecule has 0 nitrogen and oxygen atoms in total. The molecule has 0 saturated heterocycles. The van der Waals surface area contributed by atoms with Gasteiger partial charge in [0.05, 0.1) is 0 Å². The molecule has 0 heterocycles. The third-order valence-corrected chi connectivity index (χ3v) is 2.65. The Labute approximate surface area is 64.8 Å². The average molecular weight is 195 g/mol. The Morgan fingerprint density at radius 2 is 1.88 bits per heavy atom. The molecule has 0 fully saturated rings. The van der Waals surface area contributed by atoms with E-state index >= 15 is 0 Å². The lowest BCUT2D eigenvalue weighted by Gasteiger charge is -2.16. The Hall–Kier alpha value is 0.570. The van der Waals surface area contributed by atoms with Crippen LogP contribution in [0.3, 0.4) is 0 Å². The van der Waals surface area contributed by atoms with Gasteiger partial charge in [-0.15, -0.1) is 0 Å². The molecule has 0 aromatic carbocycles. The Bertz CT molecular complexity index is 91.2. The van der Waals surface area contributed by atoms with Gasteiger partial charge in [-0.25, -0.2) is 0 Å². The molecule has 0 bridgehead atoms. The van der Waals surface area contributed by atoms with E-state index < -0.39 is 0 Å². The highest BCUT2D eigenvalue weighted by atomic mass is 79.9. The third-order valence-electron chi connectivity index (χ3n) is 0.958. The first-order valence-electron chi connectivity index (χ1n) is 2.57. The van der Waals surface area contributed by atoms with Gasteiger partial charge in [0, 0.05) is 10.2 Å². The number of rotatable bonds is 1. The van der Waals surface area contributed by atoms with Crippen LogP contribution in [0.1, 0.15) is 20.8 Å². The van der Waals surface area contributed by atoms with E-state index in [-0.39, 0.29) is 5.41 Å². The average Bonchev–Trinajstić information content (AvgIpc) is 1.62. The molecular formula is C6H11BrS. The van der Waals surface area contributed by atoms with Crippen LogP contribution in [-0.2, 0) is 0 Å². The predicted molar refractivity (Wildman–Crippen MR) is 45.8 cm³/mol. The van der Waals surface area contributed by atoms with Crippen molar-refractivity contribution in [2.75, 3.05) is 5.33 Å². The molecule has 0 atom stereocenters. The van der Waals surface area contributed by atoms with Crippen molar-refractivity contribution in [2.24, 2.45) is 5.41 Å². The zero-order valence-electron chi connectivity index (χ0n) is 5.49. The second kappa shape index (κ2) is 2.92. The molecule has 0 aliphatic carbocycles. The fourth-order valence-electron chi connectivity index (χ4n) is 0.200. The minimum atomic E-state index is 0.193. The summed E-state index contributed by atoms with van der Waals surface area (Å²) in [4.78, 5) is 1.08. The molecule has 0 aromatic heterocycles. The van der Waals surface area contributed by atoms with E-state index in [4.69, 9.17) is 12.2 Å². The molecule has 0 amide bonds. The first kappa shape index (κ1) is 8.57. The van der Waals surface area contributed by atoms with Gasteiger partial charge < -0.3 is 0 Å². The molecule has 0 unspecified atom stereocenters. The van der Waals surface area contributed by atoms with Crippen LogP contribution in [0.2, 0.25) is 0 Å². The molecule has 0 radical (unpaired) electrons. The second-order valence-electron chi connectivity index (χ2n) is 2.81. The van der Waals surface area contributed by atoms with Crippen molar-refractivity contribution in [1.82, 2.24) is 0 Å². The molecule has 0 saturated carbocycles. The van der Waals surface area contributed by atoms with Crippen molar-refractivity contribution in [3.05, 3.63) is 0 Å². The van der Waals surface area contributed by atoms with E-state index in [1.54, 1.807) is 0 Å². The highest BCUT2D eigenvalue weighted by Crippen LogP contribution is 2.16. The van der Waals surface area contributed by atoms with Crippen molar-refractivity contribution in [3.8, 4) is 0 Å². The Kier molecular flexibility index (Phi) is 3.13. The molecule has 48 valence electrons. The van der Waals surface area contributed by atoms with Crippen LogP contribution in [0, 0.1) is 5.41 Å². The first-order valence-corrected chi connectivity index (χ1v) is 4.10. The standard InChI is InChI=1S/C6H11BrS/c1-6(2,3)5(8)4-7/h4H2,1-3H3. The molecule has 0 aliphatic rings. The molecule has 0 aromatic rings. The summed E-state index contributed by atoms with van der Waals surface area (Å²) in [7, 11) is 0. The van der Waals surface area contributed by atoms with Gasteiger partial charge in [0.15, 0.2) is 0 Å². The van der Waals surface area contributed by atoms with Crippen LogP contribution in [-0.4, -0.2) is 10.2 Å². The molecule has 0 rings (SSSR count). The maximum Gasteiger partial charge on any atom is 0.0352 e. The number of thiocarbonyl (C=S) groups is 1. The van der Waals surface area contributed by atoms with Crippen LogP contribution in [0.25, 0.3) is 0 Å². The molecule has 8 heavy (non-hydrogen) atoms. The molecule has 0 aliphatic heterocycles. The smallest absolute Gasteiger partial charge is 0.0352 e.